The molecular weight excluding hydrogens is 250 g/mol. The molecule has 1 aliphatic heterocycles. The van der Waals surface area contributed by atoms with Gasteiger partial charge in [-0.15, -0.1) is 0 Å². The number of hydrazine groups is 1. The standard InChI is InChI=1S/C16H19N3O/c1-20-14-7-3-5-12(9-14)16-10-15(18-19-16)11-4-2-6-13(17)8-11/h2-9,15-16,18-19H,10,17H2,1H3. The Kier molecular flexibility index (Phi) is 3.58. The largest absolute Gasteiger partial charge is 0.497 e. The summed E-state index contributed by atoms with van der Waals surface area (Å²) in [5.41, 5.74) is 15.8. The van der Waals surface area contributed by atoms with Gasteiger partial charge in [0.25, 0.3) is 0 Å². The molecule has 3 rings (SSSR count). The van der Waals surface area contributed by atoms with E-state index in [1.54, 1.807) is 7.11 Å². The minimum Gasteiger partial charge on any atom is -0.497 e. The Balaban J connectivity index is 1.76. The number of hydrogen-bond acceptors (Lipinski definition) is 4. The molecule has 20 heavy (non-hydrogen) atoms. The van der Waals surface area contributed by atoms with Crippen molar-refractivity contribution >= 4 is 5.69 Å². The molecule has 1 heterocycles. The van der Waals surface area contributed by atoms with Gasteiger partial charge in [-0.1, -0.05) is 24.3 Å². The molecule has 2 atom stereocenters. The summed E-state index contributed by atoms with van der Waals surface area (Å²) in [6, 6.07) is 16.7. The van der Waals surface area contributed by atoms with E-state index in [1.807, 2.05) is 30.3 Å². The quantitative estimate of drug-likeness (QED) is 0.750. The Bertz CT molecular complexity index is 600. The van der Waals surface area contributed by atoms with E-state index < -0.39 is 0 Å². The lowest BCUT2D eigenvalue weighted by molar-refractivity contribution is 0.413. The molecule has 4 nitrogen and oxygen atoms in total. The molecule has 2 aromatic carbocycles. The van der Waals surface area contributed by atoms with E-state index in [9.17, 15) is 0 Å². The van der Waals surface area contributed by atoms with Crippen LogP contribution in [0, 0.1) is 0 Å². The van der Waals surface area contributed by atoms with Crippen molar-refractivity contribution in [1.29, 1.82) is 0 Å². The van der Waals surface area contributed by atoms with Gasteiger partial charge in [0.2, 0.25) is 0 Å². The van der Waals surface area contributed by atoms with Gasteiger partial charge < -0.3 is 10.5 Å². The van der Waals surface area contributed by atoms with Crippen LogP contribution < -0.4 is 21.3 Å². The molecule has 1 aliphatic rings. The zero-order valence-corrected chi connectivity index (χ0v) is 11.5. The third-order valence-corrected chi connectivity index (χ3v) is 3.71. The summed E-state index contributed by atoms with van der Waals surface area (Å²) in [6.45, 7) is 0. The fourth-order valence-electron chi connectivity index (χ4n) is 2.63. The number of anilines is 1. The summed E-state index contributed by atoms with van der Waals surface area (Å²) in [5, 5.41) is 0. The van der Waals surface area contributed by atoms with E-state index >= 15 is 0 Å². The highest BCUT2D eigenvalue weighted by atomic mass is 16.5. The van der Waals surface area contributed by atoms with Crippen molar-refractivity contribution in [3.8, 4) is 5.75 Å². The first-order valence-corrected chi connectivity index (χ1v) is 6.76. The molecule has 0 radical (unpaired) electrons. The van der Waals surface area contributed by atoms with Gasteiger partial charge in [-0.3, -0.25) is 0 Å². The zero-order valence-electron chi connectivity index (χ0n) is 11.5. The summed E-state index contributed by atoms with van der Waals surface area (Å²) in [5.74, 6) is 0.886. The van der Waals surface area contributed by atoms with Crippen molar-refractivity contribution in [2.45, 2.75) is 18.5 Å². The molecular formula is C16H19N3O. The second kappa shape index (κ2) is 5.53. The Morgan fingerprint density at radius 2 is 1.65 bits per heavy atom. The third kappa shape index (κ3) is 2.61. The number of methoxy groups -OCH3 is 1. The van der Waals surface area contributed by atoms with E-state index in [-0.39, 0.29) is 12.1 Å². The van der Waals surface area contributed by atoms with Crippen molar-refractivity contribution < 1.29 is 4.74 Å². The minimum atomic E-state index is 0.273. The van der Waals surface area contributed by atoms with E-state index in [4.69, 9.17) is 10.5 Å². The lowest BCUT2D eigenvalue weighted by atomic mass is 9.97. The fourth-order valence-corrected chi connectivity index (χ4v) is 2.63. The lowest BCUT2D eigenvalue weighted by Gasteiger charge is -2.11. The first-order valence-electron chi connectivity index (χ1n) is 6.76. The summed E-state index contributed by atoms with van der Waals surface area (Å²) in [7, 11) is 1.69. The fraction of sp³-hybridized carbons (Fsp3) is 0.250. The second-order valence-electron chi connectivity index (χ2n) is 5.08. The van der Waals surface area contributed by atoms with Crippen LogP contribution in [0.5, 0.6) is 5.75 Å². The van der Waals surface area contributed by atoms with Crippen LogP contribution in [-0.2, 0) is 0 Å². The predicted octanol–water partition coefficient (Wildman–Crippen LogP) is 2.56. The Hall–Kier alpha value is -2.04. The first kappa shape index (κ1) is 13.0. The number of rotatable bonds is 3. The van der Waals surface area contributed by atoms with Gasteiger partial charge >= 0.3 is 0 Å². The maximum Gasteiger partial charge on any atom is 0.119 e. The molecule has 1 fully saturated rings. The molecule has 0 amide bonds. The topological polar surface area (TPSA) is 59.3 Å². The molecule has 0 aromatic heterocycles. The molecule has 2 aromatic rings. The Morgan fingerprint density at radius 3 is 2.30 bits per heavy atom. The molecule has 0 aliphatic carbocycles. The van der Waals surface area contributed by atoms with Gasteiger partial charge in [0.1, 0.15) is 5.75 Å². The van der Waals surface area contributed by atoms with Crippen molar-refractivity contribution in [2.75, 3.05) is 12.8 Å². The van der Waals surface area contributed by atoms with Crippen LogP contribution in [0.4, 0.5) is 5.69 Å². The average Bonchev–Trinajstić information content (AvgIpc) is 2.97. The Labute approximate surface area is 118 Å². The van der Waals surface area contributed by atoms with Crippen molar-refractivity contribution in [3.05, 3.63) is 59.7 Å². The van der Waals surface area contributed by atoms with Gasteiger partial charge in [0.05, 0.1) is 7.11 Å². The summed E-state index contributed by atoms with van der Waals surface area (Å²) in [4.78, 5) is 0. The van der Waals surface area contributed by atoms with Gasteiger partial charge in [-0.25, -0.2) is 10.9 Å². The maximum absolute atomic E-state index is 5.85. The Morgan fingerprint density at radius 1 is 1.00 bits per heavy atom. The van der Waals surface area contributed by atoms with Crippen LogP contribution in [0.2, 0.25) is 0 Å². The summed E-state index contributed by atoms with van der Waals surface area (Å²) in [6.07, 6.45) is 0.983. The van der Waals surface area contributed by atoms with Crippen LogP contribution in [0.25, 0.3) is 0 Å². The second-order valence-corrected chi connectivity index (χ2v) is 5.08. The predicted molar refractivity (Wildman–Crippen MR) is 80.2 cm³/mol. The normalized spacial score (nSPS) is 21.9. The average molecular weight is 269 g/mol. The van der Waals surface area contributed by atoms with Gasteiger partial charge in [-0.05, 0) is 41.8 Å². The van der Waals surface area contributed by atoms with Gasteiger partial charge in [0.15, 0.2) is 0 Å². The van der Waals surface area contributed by atoms with Crippen LogP contribution in [0.3, 0.4) is 0 Å². The van der Waals surface area contributed by atoms with E-state index in [1.165, 1.54) is 11.1 Å². The molecule has 0 spiro atoms. The first-order chi connectivity index (χ1) is 9.76. The monoisotopic (exact) mass is 269 g/mol. The third-order valence-electron chi connectivity index (χ3n) is 3.71. The van der Waals surface area contributed by atoms with Crippen molar-refractivity contribution in [1.82, 2.24) is 10.9 Å². The maximum atomic E-state index is 5.85. The van der Waals surface area contributed by atoms with Gasteiger partial charge in [-0.2, -0.15) is 0 Å². The molecule has 0 bridgehead atoms. The SMILES string of the molecule is COc1cccc(C2CC(c3cccc(N)c3)NN2)c1. The molecule has 1 saturated heterocycles. The molecule has 0 saturated carbocycles. The number of ether oxygens (including phenoxy) is 1. The number of nitrogens with one attached hydrogen (secondary N) is 2. The van der Waals surface area contributed by atoms with Crippen LogP contribution >= 0.6 is 0 Å². The van der Waals surface area contributed by atoms with Crippen molar-refractivity contribution in [3.63, 3.8) is 0 Å². The van der Waals surface area contributed by atoms with Crippen LogP contribution in [-0.4, -0.2) is 7.11 Å². The van der Waals surface area contributed by atoms with Gasteiger partial charge in [0, 0.05) is 17.8 Å². The lowest BCUT2D eigenvalue weighted by Crippen LogP contribution is -2.26. The van der Waals surface area contributed by atoms with Crippen LogP contribution in [0.1, 0.15) is 29.6 Å². The molecule has 4 N–H and O–H groups in total. The van der Waals surface area contributed by atoms with Crippen molar-refractivity contribution in [2.24, 2.45) is 0 Å². The number of nitrogens with two attached hydrogens (primary N) is 1. The van der Waals surface area contributed by atoms with E-state index in [0.717, 1.165) is 17.9 Å². The summed E-state index contributed by atoms with van der Waals surface area (Å²) < 4.78 is 5.28. The van der Waals surface area contributed by atoms with E-state index in [0.29, 0.717) is 0 Å². The highest BCUT2D eigenvalue weighted by molar-refractivity contribution is 5.42. The highest BCUT2D eigenvalue weighted by Crippen LogP contribution is 2.32. The minimum absolute atomic E-state index is 0.273. The number of benzene rings is 2. The highest BCUT2D eigenvalue weighted by Gasteiger charge is 2.26. The van der Waals surface area contributed by atoms with Crippen LogP contribution in [0.15, 0.2) is 48.5 Å². The molecule has 104 valence electrons. The number of nitrogen functional groups attached to an aromatic ring is 1. The summed E-state index contributed by atoms with van der Waals surface area (Å²) >= 11 is 0. The smallest absolute Gasteiger partial charge is 0.119 e. The van der Waals surface area contributed by atoms with E-state index in [2.05, 4.69) is 29.1 Å². The molecule has 2 unspecified atom stereocenters. The molecule has 4 heteroatoms. The zero-order chi connectivity index (χ0) is 13.9. The number of hydrogen-bond donors (Lipinski definition) is 3.